The number of anilines is 2. The van der Waals surface area contributed by atoms with E-state index in [4.69, 9.17) is 5.73 Å². The fourth-order valence-corrected chi connectivity index (χ4v) is 1.45. The lowest BCUT2D eigenvalue weighted by Crippen LogP contribution is -2.07. The average molecular weight is 214 g/mol. The number of nitrogen functional groups attached to an aromatic ring is 1. The molecule has 2 rings (SSSR count). The standard InChI is InChI=1S/C12H14N4/c13-11-8-14-9-12(16-11)15-7-6-10-4-2-1-3-5-10/h1-5,8-9H,6-7H2,(H3,13,15,16). The SMILES string of the molecule is Nc1cncc(NCCc2ccccc2)n1. The van der Waals surface area contributed by atoms with Crippen molar-refractivity contribution < 1.29 is 0 Å². The number of nitrogens with zero attached hydrogens (tertiary/aromatic N) is 2. The summed E-state index contributed by atoms with van der Waals surface area (Å²) in [4.78, 5) is 8.07. The summed E-state index contributed by atoms with van der Waals surface area (Å²) >= 11 is 0. The summed E-state index contributed by atoms with van der Waals surface area (Å²) in [5.74, 6) is 1.15. The molecule has 0 amide bonds. The lowest BCUT2D eigenvalue weighted by molar-refractivity contribution is 1.00. The van der Waals surface area contributed by atoms with E-state index in [9.17, 15) is 0 Å². The normalized spacial score (nSPS) is 10.0. The third kappa shape index (κ3) is 2.95. The van der Waals surface area contributed by atoms with Crippen LogP contribution < -0.4 is 11.1 Å². The van der Waals surface area contributed by atoms with Gasteiger partial charge in [-0.15, -0.1) is 0 Å². The van der Waals surface area contributed by atoms with Gasteiger partial charge in [-0.25, -0.2) is 4.98 Å². The molecule has 0 aliphatic carbocycles. The van der Waals surface area contributed by atoms with Gasteiger partial charge in [0.2, 0.25) is 0 Å². The molecule has 0 aliphatic rings. The van der Waals surface area contributed by atoms with Gasteiger partial charge in [0.1, 0.15) is 11.6 Å². The Bertz CT molecular complexity index is 442. The molecule has 16 heavy (non-hydrogen) atoms. The van der Waals surface area contributed by atoms with E-state index in [1.165, 1.54) is 11.8 Å². The number of rotatable bonds is 4. The van der Waals surface area contributed by atoms with Crippen LogP contribution in [0.1, 0.15) is 5.56 Å². The van der Waals surface area contributed by atoms with Crippen LogP contribution in [0.15, 0.2) is 42.7 Å². The fraction of sp³-hybridized carbons (Fsp3) is 0.167. The Labute approximate surface area is 94.5 Å². The second kappa shape index (κ2) is 5.11. The predicted molar refractivity (Wildman–Crippen MR) is 65.1 cm³/mol. The van der Waals surface area contributed by atoms with Crippen molar-refractivity contribution in [3.8, 4) is 0 Å². The molecule has 0 spiro atoms. The largest absolute Gasteiger partial charge is 0.382 e. The van der Waals surface area contributed by atoms with Crippen LogP contribution >= 0.6 is 0 Å². The molecule has 0 atom stereocenters. The summed E-state index contributed by atoms with van der Waals surface area (Å²) in [5.41, 5.74) is 6.83. The monoisotopic (exact) mass is 214 g/mol. The Morgan fingerprint density at radius 2 is 1.94 bits per heavy atom. The second-order valence-electron chi connectivity index (χ2n) is 3.49. The van der Waals surface area contributed by atoms with Crippen molar-refractivity contribution in [2.45, 2.75) is 6.42 Å². The lowest BCUT2D eigenvalue weighted by Gasteiger charge is -2.05. The van der Waals surface area contributed by atoms with Gasteiger partial charge in [-0.05, 0) is 12.0 Å². The Morgan fingerprint density at radius 3 is 2.69 bits per heavy atom. The molecule has 4 nitrogen and oxygen atoms in total. The Hall–Kier alpha value is -2.10. The summed E-state index contributed by atoms with van der Waals surface area (Å²) < 4.78 is 0. The van der Waals surface area contributed by atoms with E-state index in [-0.39, 0.29) is 0 Å². The van der Waals surface area contributed by atoms with Crippen LogP contribution in [0.5, 0.6) is 0 Å². The summed E-state index contributed by atoms with van der Waals surface area (Å²) in [6.07, 6.45) is 4.15. The average Bonchev–Trinajstić information content (AvgIpc) is 2.30. The highest BCUT2D eigenvalue weighted by atomic mass is 15.0. The minimum Gasteiger partial charge on any atom is -0.382 e. The first kappa shape index (κ1) is 10.4. The molecule has 1 aromatic carbocycles. The van der Waals surface area contributed by atoms with E-state index in [0.29, 0.717) is 5.82 Å². The van der Waals surface area contributed by atoms with Crippen LogP contribution in [0.25, 0.3) is 0 Å². The van der Waals surface area contributed by atoms with Gasteiger partial charge in [0.25, 0.3) is 0 Å². The van der Waals surface area contributed by atoms with E-state index in [2.05, 4.69) is 27.4 Å². The molecule has 0 saturated heterocycles. The number of aromatic nitrogens is 2. The minimum atomic E-state index is 0.435. The second-order valence-corrected chi connectivity index (χ2v) is 3.49. The molecule has 2 aromatic rings. The highest BCUT2D eigenvalue weighted by molar-refractivity contribution is 5.38. The third-order valence-corrected chi connectivity index (χ3v) is 2.22. The number of hydrogen-bond donors (Lipinski definition) is 2. The Kier molecular flexibility index (Phi) is 3.33. The van der Waals surface area contributed by atoms with Crippen LogP contribution in [0.3, 0.4) is 0 Å². The van der Waals surface area contributed by atoms with Crippen LogP contribution in [-0.4, -0.2) is 16.5 Å². The summed E-state index contributed by atoms with van der Waals surface area (Å²) in [5, 5.41) is 3.18. The third-order valence-electron chi connectivity index (χ3n) is 2.22. The molecule has 0 bridgehead atoms. The van der Waals surface area contributed by atoms with Gasteiger partial charge in [0.15, 0.2) is 0 Å². The molecule has 1 heterocycles. The number of nitrogens with one attached hydrogen (secondary N) is 1. The first-order valence-corrected chi connectivity index (χ1v) is 5.20. The summed E-state index contributed by atoms with van der Waals surface area (Å²) in [6, 6.07) is 10.3. The smallest absolute Gasteiger partial charge is 0.146 e. The zero-order chi connectivity index (χ0) is 11.2. The predicted octanol–water partition coefficient (Wildman–Crippen LogP) is 1.71. The number of benzene rings is 1. The van der Waals surface area contributed by atoms with Gasteiger partial charge in [-0.1, -0.05) is 30.3 Å². The molecule has 0 fully saturated rings. The molecule has 0 saturated carbocycles. The van der Waals surface area contributed by atoms with E-state index in [1.807, 2.05) is 18.2 Å². The zero-order valence-electron chi connectivity index (χ0n) is 8.93. The van der Waals surface area contributed by atoms with Crippen molar-refractivity contribution >= 4 is 11.6 Å². The van der Waals surface area contributed by atoms with Crippen molar-refractivity contribution in [1.82, 2.24) is 9.97 Å². The highest BCUT2D eigenvalue weighted by Crippen LogP contribution is 2.04. The fourth-order valence-electron chi connectivity index (χ4n) is 1.45. The van der Waals surface area contributed by atoms with E-state index >= 15 is 0 Å². The quantitative estimate of drug-likeness (QED) is 0.813. The van der Waals surface area contributed by atoms with Crippen LogP contribution in [0.2, 0.25) is 0 Å². The van der Waals surface area contributed by atoms with Gasteiger partial charge < -0.3 is 11.1 Å². The lowest BCUT2D eigenvalue weighted by atomic mass is 10.1. The first-order chi connectivity index (χ1) is 7.84. The summed E-state index contributed by atoms with van der Waals surface area (Å²) in [6.45, 7) is 0.822. The van der Waals surface area contributed by atoms with Crippen molar-refractivity contribution in [3.05, 3.63) is 48.3 Å². The summed E-state index contributed by atoms with van der Waals surface area (Å²) in [7, 11) is 0. The molecule has 0 aliphatic heterocycles. The number of hydrogen-bond acceptors (Lipinski definition) is 4. The van der Waals surface area contributed by atoms with E-state index < -0.39 is 0 Å². The van der Waals surface area contributed by atoms with Crippen LogP contribution in [0.4, 0.5) is 11.6 Å². The van der Waals surface area contributed by atoms with Gasteiger partial charge in [0, 0.05) is 6.54 Å². The number of nitrogens with two attached hydrogens (primary N) is 1. The van der Waals surface area contributed by atoms with Gasteiger partial charge in [0.05, 0.1) is 12.4 Å². The van der Waals surface area contributed by atoms with E-state index in [1.54, 1.807) is 6.20 Å². The molecular formula is C12H14N4. The van der Waals surface area contributed by atoms with Crippen LogP contribution in [0, 0.1) is 0 Å². The maximum atomic E-state index is 5.53. The molecular weight excluding hydrogens is 200 g/mol. The first-order valence-electron chi connectivity index (χ1n) is 5.20. The van der Waals surface area contributed by atoms with Gasteiger partial charge in [-0.2, -0.15) is 0 Å². The molecule has 82 valence electrons. The van der Waals surface area contributed by atoms with Gasteiger partial charge in [-0.3, -0.25) is 4.98 Å². The van der Waals surface area contributed by atoms with Crippen molar-refractivity contribution in [1.29, 1.82) is 0 Å². The Balaban J connectivity index is 1.85. The zero-order valence-corrected chi connectivity index (χ0v) is 8.93. The molecule has 3 N–H and O–H groups in total. The molecule has 4 heteroatoms. The van der Waals surface area contributed by atoms with Gasteiger partial charge >= 0.3 is 0 Å². The van der Waals surface area contributed by atoms with Crippen molar-refractivity contribution in [2.24, 2.45) is 0 Å². The van der Waals surface area contributed by atoms with Crippen molar-refractivity contribution in [3.63, 3.8) is 0 Å². The maximum absolute atomic E-state index is 5.53. The molecule has 0 unspecified atom stereocenters. The minimum absolute atomic E-state index is 0.435. The topological polar surface area (TPSA) is 63.8 Å². The maximum Gasteiger partial charge on any atom is 0.146 e. The Morgan fingerprint density at radius 1 is 1.12 bits per heavy atom. The molecule has 0 radical (unpaired) electrons. The van der Waals surface area contributed by atoms with Crippen LogP contribution in [-0.2, 0) is 6.42 Å². The van der Waals surface area contributed by atoms with Crippen molar-refractivity contribution in [2.75, 3.05) is 17.6 Å². The highest BCUT2D eigenvalue weighted by Gasteiger charge is 1.95. The van der Waals surface area contributed by atoms with E-state index in [0.717, 1.165) is 18.8 Å². The molecule has 1 aromatic heterocycles.